The normalized spacial score (nSPS) is 18.6. The lowest BCUT2D eigenvalue weighted by molar-refractivity contribution is -0.137. The molecule has 10 rings (SSSR count). The van der Waals surface area contributed by atoms with Gasteiger partial charge < -0.3 is 44.7 Å². The van der Waals surface area contributed by atoms with Crippen molar-refractivity contribution >= 4 is 71.5 Å². The van der Waals surface area contributed by atoms with Gasteiger partial charge in [0, 0.05) is 91.9 Å². The smallest absolute Gasteiger partial charge is 0.413 e. The van der Waals surface area contributed by atoms with Crippen LogP contribution in [0.1, 0.15) is 90.7 Å². The van der Waals surface area contributed by atoms with Crippen LogP contribution in [0, 0.1) is 47.0 Å². The van der Waals surface area contributed by atoms with Crippen LogP contribution in [-0.4, -0.2) is 120 Å². The fourth-order valence-electron chi connectivity index (χ4n) is 11.0. The van der Waals surface area contributed by atoms with Gasteiger partial charge >= 0.3 is 6.09 Å². The molecule has 4 aliphatic heterocycles. The average molecular weight is 1100 g/mol. The van der Waals surface area contributed by atoms with Crippen LogP contribution in [-0.2, 0) is 45.2 Å². The van der Waals surface area contributed by atoms with E-state index in [0.29, 0.717) is 70.7 Å². The van der Waals surface area contributed by atoms with E-state index in [0.717, 1.165) is 17.0 Å². The Bertz CT molecular complexity index is 3600. The van der Waals surface area contributed by atoms with Crippen molar-refractivity contribution in [2.75, 3.05) is 43.4 Å². The Labute approximate surface area is 454 Å². The average Bonchev–Trinajstić information content (AvgIpc) is 3.55. The Kier molecular flexibility index (Phi) is 14.7. The molecule has 0 aliphatic carbocycles. The van der Waals surface area contributed by atoms with Crippen molar-refractivity contribution in [2.45, 2.75) is 110 Å². The summed E-state index contributed by atoms with van der Waals surface area (Å²) in [6.45, 7) is 16.6. The molecule has 6 aromatic rings. The summed E-state index contributed by atoms with van der Waals surface area (Å²) in [6, 6.07) is 14.5. The SMILES string of the molecule is CC#CCN1CC[C@@]2(C1=O)c1ccc(F)cc1C(=O)N2Cc1cc2nc(N(C(=O)O)C(C)(C)C)c(F)cc2n1COCC[Si](C)(C)C.CC#CCN1CC[C@@]2(C1=O)c1ccc(F)cc1C(=O)N2Cc1cc2nc(N)c(F)cc2[nH]1. The number of halogens is 4. The van der Waals surface area contributed by atoms with E-state index in [-0.39, 0.29) is 73.9 Å². The van der Waals surface area contributed by atoms with E-state index in [4.69, 9.17) is 10.5 Å². The molecule has 412 valence electrons. The van der Waals surface area contributed by atoms with Crippen molar-refractivity contribution < 1.29 is 51.4 Å². The number of fused-ring (bicyclic) bond motifs is 6. The molecule has 8 heterocycles. The molecular formula is C57H60F4N10O7Si. The Balaban J connectivity index is 0.000000205. The van der Waals surface area contributed by atoms with Crippen LogP contribution < -0.4 is 10.6 Å². The number of anilines is 2. The third-order valence-electron chi connectivity index (χ3n) is 14.9. The molecule has 0 saturated carbocycles. The predicted molar refractivity (Wildman–Crippen MR) is 290 cm³/mol. The first-order chi connectivity index (χ1) is 37.3. The fourth-order valence-corrected chi connectivity index (χ4v) is 11.8. The van der Waals surface area contributed by atoms with Gasteiger partial charge in [-0.1, -0.05) is 43.6 Å². The topological polar surface area (TPSA) is 204 Å². The number of pyridine rings is 2. The summed E-state index contributed by atoms with van der Waals surface area (Å²) in [5.41, 5.74) is 5.70. The van der Waals surface area contributed by atoms with Gasteiger partial charge in [-0.15, -0.1) is 11.8 Å². The van der Waals surface area contributed by atoms with E-state index in [1.54, 1.807) is 61.1 Å². The number of nitrogens with one attached hydrogen (secondary N) is 1. The van der Waals surface area contributed by atoms with Crippen LogP contribution in [0.15, 0.2) is 60.7 Å². The number of carbonyl (C=O) groups is 5. The largest absolute Gasteiger partial charge is 0.465 e. The number of nitrogens with zero attached hydrogens (tertiary/aromatic N) is 8. The second kappa shape index (κ2) is 20.9. The standard InChI is InChI=1S/C34H41F2N5O5Si.C23H19F2N5O2/c1-8-9-13-38-14-12-34(31(38)43)25-11-10-22(35)17-24(25)30(42)40(34)20-23-18-27-28(39(23)21-46-15-16-47(5,6)7)19-26(36)29(37-27)41(32(44)45)33(2,3)4;1-2-3-7-29-8-6-23(22(29)32)16-5-4-13(24)9-15(16)21(31)30(23)12-14-10-18-19(27-14)11-17(25)20(26)28-18/h10-11,17-19H,12-16,20-21H2,1-7H3,(H,44,45);4-5,9-11,27H,6-8,12H2,1H3,(H2,26,28)/t34-;23-/m00/s1. The minimum atomic E-state index is -1.43. The van der Waals surface area contributed by atoms with E-state index in [2.05, 4.69) is 58.3 Å². The summed E-state index contributed by atoms with van der Waals surface area (Å²) in [4.78, 5) is 85.8. The van der Waals surface area contributed by atoms with Gasteiger partial charge in [0.15, 0.2) is 34.3 Å². The molecule has 2 spiro atoms. The predicted octanol–water partition coefficient (Wildman–Crippen LogP) is 8.55. The Morgan fingerprint density at radius 2 is 1.34 bits per heavy atom. The number of H-pyrrole nitrogens is 1. The summed E-state index contributed by atoms with van der Waals surface area (Å²) in [6.07, 6.45) is -0.712. The number of ether oxygens (including phenoxy) is 1. The number of benzene rings is 2. The van der Waals surface area contributed by atoms with E-state index in [1.807, 2.05) is 0 Å². The number of hydrogen-bond donors (Lipinski definition) is 3. The lowest BCUT2D eigenvalue weighted by Gasteiger charge is -2.34. The van der Waals surface area contributed by atoms with Gasteiger partial charge in [0.2, 0.25) is 0 Å². The summed E-state index contributed by atoms with van der Waals surface area (Å²) < 4.78 is 65.8. The van der Waals surface area contributed by atoms with E-state index in [9.17, 15) is 42.3 Å². The van der Waals surface area contributed by atoms with E-state index in [1.165, 1.54) is 52.3 Å². The second-order valence-electron chi connectivity index (χ2n) is 22.2. The second-order valence-corrected chi connectivity index (χ2v) is 27.8. The maximum atomic E-state index is 15.7. The van der Waals surface area contributed by atoms with E-state index >= 15 is 4.39 Å². The number of likely N-dealkylation sites (tertiary alicyclic amines) is 2. The van der Waals surface area contributed by atoms with Crippen molar-refractivity contribution in [1.82, 2.24) is 39.1 Å². The number of nitrogens with two attached hydrogens (primary N) is 1. The summed E-state index contributed by atoms with van der Waals surface area (Å²) in [7, 11) is -1.43. The minimum Gasteiger partial charge on any atom is -0.465 e. The molecule has 2 aromatic carbocycles. The molecule has 17 nitrogen and oxygen atoms in total. The number of carbonyl (C=O) groups excluding carboxylic acids is 4. The van der Waals surface area contributed by atoms with Gasteiger partial charge in [0.25, 0.3) is 23.6 Å². The van der Waals surface area contributed by atoms with Crippen molar-refractivity contribution in [3.63, 3.8) is 0 Å². The summed E-state index contributed by atoms with van der Waals surface area (Å²) >= 11 is 0. The highest BCUT2D eigenvalue weighted by atomic mass is 28.3. The lowest BCUT2D eigenvalue weighted by atomic mass is 9.87. The van der Waals surface area contributed by atoms with Gasteiger partial charge in [-0.3, -0.25) is 24.1 Å². The third kappa shape index (κ3) is 9.92. The molecule has 2 atom stereocenters. The molecule has 0 bridgehead atoms. The zero-order valence-corrected chi connectivity index (χ0v) is 46.1. The Morgan fingerprint density at radius 3 is 1.86 bits per heavy atom. The molecule has 4 aromatic heterocycles. The van der Waals surface area contributed by atoms with Gasteiger partial charge in [0.1, 0.15) is 18.4 Å². The number of aromatic nitrogens is 4. The van der Waals surface area contributed by atoms with Crippen molar-refractivity contribution in [3.05, 3.63) is 118 Å². The van der Waals surface area contributed by atoms with Gasteiger partial charge in [-0.25, -0.2) is 32.3 Å². The maximum absolute atomic E-state index is 15.7. The Hall–Kier alpha value is -8.21. The zero-order valence-electron chi connectivity index (χ0n) is 45.1. The number of carboxylic acid groups (broad SMARTS) is 1. The third-order valence-corrected chi connectivity index (χ3v) is 16.6. The van der Waals surface area contributed by atoms with Crippen LogP contribution in [0.2, 0.25) is 25.7 Å². The molecule has 0 radical (unpaired) electrons. The molecule has 4 aliphatic rings. The summed E-state index contributed by atoms with van der Waals surface area (Å²) in [5.74, 6) is 6.71. The van der Waals surface area contributed by atoms with E-state index < -0.39 is 65.9 Å². The molecule has 79 heavy (non-hydrogen) atoms. The molecular weight excluding hydrogens is 1040 g/mol. The molecule has 0 unspecified atom stereocenters. The van der Waals surface area contributed by atoms with Crippen molar-refractivity contribution in [1.29, 1.82) is 0 Å². The number of rotatable bonds is 12. The molecule has 22 heteroatoms. The highest BCUT2D eigenvalue weighted by molar-refractivity contribution is 6.76. The quantitative estimate of drug-likeness (QED) is 0.0461. The maximum Gasteiger partial charge on any atom is 0.413 e. The fraction of sp³-hybridized carbons (Fsp3) is 0.386. The van der Waals surface area contributed by atoms with Crippen LogP contribution in [0.3, 0.4) is 0 Å². The van der Waals surface area contributed by atoms with Gasteiger partial charge in [-0.05, 0) is 77.1 Å². The lowest BCUT2D eigenvalue weighted by Crippen LogP contribution is -2.49. The highest BCUT2D eigenvalue weighted by Crippen LogP contribution is 2.49. The number of nitrogen functional groups attached to an aromatic ring is 1. The first kappa shape index (κ1) is 55.5. The monoisotopic (exact) mass is 1100 g/mol. The zero-order chi connectivity index (χ0) is 57.1. The molecule has 5 amide bonds. The first-order valence-electron chi connectivity index (χ1n) is 25.7. The molecule has 2 saturated heterocycles. The first-order valence-corrected chi connectivity index (χ1v) is 29.4. The number of aromatic amines is 1. The van der Waals surface area contributed by atoms with Crippen molar-refractivity contribution in [2.24, 2.45) is 0 Å². The molecule has 2 fully saturated rings. The Morgan fingerprint density at radius 1 is 0.785 bits per heavy atom. The van der Waals surface area contributed by atoms with Crippen LogP contribution in [0.5, 0.6) is 0 Å². The van der Waals surface area contributed by atoms with Gasteiger partial charge in [-0.2, -0.15) is 0 Å². The number of hydrogen-bond acceptors (Lipinski definition) is 9. The van der Waals surface area contributed by atoms with Crippen molar-refractivity contribution in [3.8, 4) is 23.7 Å². The highest BCUT2D eigenvalue weighted by Gasteiger charge is 2.61. The van der Waals surface area contributed by atoms with Crippen LogP contribution >= 0.6 is 0 Å². The summed E-state index contributed by atoms with van der Waals surface area (Å²) in [5, 5.41) is 9.95. The van der Waals surface area contributed by atoms with Crippen LogP contribution in [0.4, 0.5) is 34.0 Å². The van der Waals surface area contributed by atoms with Gasteiger partial charge in [0.05, 0.1) is 48.2 Å². The van der Waals surface area contributed by atoms with Crippen LogP contribution in [0.25, 0.3) is 22.1 Å². The molecule has 4 N–H and O–H groups in total. The minimum absolute atomic E-state index is 0.00840. The number of amides is 5.